The molecule has 0 bridgehead atoms. The number of rotatable bonds is 4. The Labute approximate surface area is 176 Å². The number of pyridine rings is 1. The second-order valence-electron chi connectivity index (χ2n) is 7.57. The molecule has 0 spiro atoms. The number of fused-ring (bicyclic) bond motifs is 1. The summed E-state index contributed by atoms with van der Waals surface area (Å²) < 4.78 is 0. The van der Waals surface area contributed by atoms with Crippen LogP contribution in [0.4, 0.5) is 5.69 Å². The van der Waals surface area contributed by atoms with Crippen molar-refractivity contribution in [2.45, 2.75) is 12.3 Å². The monoisotopic (exact) mass is 390 g/mol. The summed E-state index contributed by atoms with van der Waals surface area (Å²) in [5.41, 5.74) is 6.59. The van der Waals surface area contributed by atoms with Crippen LogP contribution in [0.2, 0.25) is 0 Å². The number of carbonyl (C=O) groups is 1. The minimum atomic E-state index is -0.307. The molecule has 0 atom stereocenters. The summed E-state index contributed by atoms with van der Waals surface area (Å²) in [5.74, 6) is -0.180. The third-order valence-corrected chi connectivity index (χ3v) is 5.77. The lowest BCUT2D eigenvalue weighted by atomic mass is 9.90. The summed E-state index contributed by atoms with van der Waals surface area (Å²) in [6.45, 7) is 0.712. The second-order valence-corrected chi connectivity index (χ2v) is 7.57. The van der Waals surface area contributed by atoms with Crippen LogP contribution < -0.4 is 4.90 Å². The maximum absolute atomic E-state index is 13.8. The van der Waals surface area contributed by atoms with E-state index in [1.54, 1.807) is 0 Å². The molecule has 1 aliphatic rings. The first-order valence-corrected chi connectivity index (χ1v) is 10.3. The molecular weight excluding hydrogens is 368 g/mol. The largest absolute Gasteiger partial charge is 0.311 e. The van der Waals surface area contributed by atoms with Gasteiger partial charge in [0, 0.05) is 24.6 Å². The fourth-order valence-electron chi connectivity index (χ4n) is 4.28. The van der Waals surface area contributed by atoms with Gasteiger partial charge in [0.2, 0.25) is 5.91 Å². The summed E-state index contributed by atoms with van der Waals surface area (Å²) >= 11 is 0. The number of nitrogens with zero attached hydrogens (tertiary/aromatic N) is 2. The SMILES string of the molecule is O=C(C(c1ccccc1)c1ccccc1)N1CCc2cc(-c3ccncc3)ccc21. The number of aromatic nitrogens is 1. The van der Waals surface area contributed by atoms with Gasteiger partial charge in [0.1, 0.15) is 0 Å². The van der Waals surface area contributed by atoms with Crippen molar-refractivity contribution in [3.05, 3.63) is 120 Å². The highest BCUT2D eigenvalue weighted by Crippen LogP contribution is 2.36. The fourth-order valence-corrected chi connectivity index (χ4v) is 4.28. The van der Waals surface area contributed by atoms with Gasteiger partial charge in [-0.2, -0.15) is 0 Å². The number of amides is 1. The molecule has 1 amide bonds. The molecule has 1 aromatic heterocycles. The Balaban J connectivity index is 1.51. The van der Waals surface area contributed by atoms with Crippen molar-refractivity contribution >= 4 is 11.6 Å². The molecule has 0 saturated carbocycles. The molecule has 30 heavy (non-hydrogen) atoms. The van der Waals surface area contributed by atoms with Crippen LogP contribution in [0.25, 0.3) is 11.1 Å². The van der Waals surface area contributed by atoms with E-state index in [4.69, 9.17) is 0 Å². The predicted molar refractivity (Wildman–Crippen MR) is 120 cm³/mol. The van der Waals surface area contributed by atoms with Crippen LogP contribution in [0.5, 0.6) is 0 Å². The van der Waals surface area contributed by atoms with Crippen LogP contribution in [0.1, 0.15) is 22.6 Å². The molecule has 3 nitrogen and oxygen atoms in total. The first-order valence-electron chi connectivity index (χ1n) is 10.3. The standard InChI is InChI=1S/C27H22N2O/c30-27(26(21-7-3-1-4-8-21)22-9-5-2-6-10-22)29-18-15-24-19-23(11-12-25(24)29)20-13-16-28-17-14-20/h1-14,16-17,19,26H,15,18H2. The molecule has 2 heterocycles. The minimum Gasteiger partial charge on any atom is -0.311 e. The van der Waals surface area contributed by atoms with E-state index in [-0.39, 0.29) is 11.8 Å². The number of benzene rings is 3. The quantitative estimate of drug-likeness (QED) is 0.463. The average molecular weight is 390 g/mol. The van der Waals surface area contributed by atoms with E-state index in [0.717, 1.165) is 34.4 Å². The molecule has 5 rings (SSSR count). The minimum absolute atomic E-state index is 0.128. The molecule has 0 radical (unpaired) electrons. The van der Waals surface area contributed by atoms with Crippen molar-refractivity contribution in [1.82, 2.24) is 4.98 Å². The fraction of sp³-hybridized carbons (Fsp3) is 0.111. The summed E-state index contributed by atoms with van der Waals surface area (Å²) in [5, 5.41) is 0. The van der Waals surface area contributed by atoms with Crippen molar-refractivity contribution in [2.75, 3.05) is 11.4 Å². The first kappa shape index (κ1) is 18.3. The van der Waals surface area contributed by atoms with E-state index in [0.29, 0.717) is 6.54 Å². The van der Waals surface area contributed by atoms with E-state index in [2.05, 4.69) is 23.2 Å². The van der Waals surface area contributed by atoms with Crippen molar-refractivity contribution in [3.63, 3.8) is 0 Å². The molecule has 4 aromatic rings. The van der Waals surface area contributed by atoms with Gasteiger partial charge in [0.05, 0.1) is 5.92 Å². The number of carbonyl (C=O) groups excluding carboxylic acids is 1. The molecule has 3 aromatic carbocycles. The van der Waals surface area contributed by atoms with Gasteiger partial charge in [-0.15, -0.1) is 0 Å². The zero-order valence-corrected chi connectivity index (χ0v) is 16.6. The van der Waals surface area contributed by atoms with Crippen molar-refractivity contribution in [3.8, 4) is 11.1 Å². The molecule has 146 valence electrons. The zero-order chi connectivity index (χ0) is 20.3. The number of hydrogen-bond acceptors (Lipinski definition) is 2. The smallest absolute Gasteiger partial charge is 0.239 e. The maximum atomic E-state index is 13.8. The first-order chi connectivity index (χ1) is 14.8. The molecule has 0 saturated heterocycles. The van der Waals surface area contributed by atoms with Gasteiger partial charge in [-0.25, -0.2) is 0 Å². The maximum Gasteiger partial charge on any atom is 0.239 e. The molecule has 0 aliphatic carbocycles. The number of anilines is 1. The van der Waals surface area contributed by atoms with Gasteiger partial charge in [-0.05, 0) is 58.5 Å². The van der Waals surface area contributed by atoms with Gasteiger partial charge >= 0.3 is 0 Å². The third-order valence-electron chi connectivity index (χ3n) is 5.77. The Morgan fingerprint density at radius 1 is 0.767 bits per heavy atom. The number of hydrogen-bond donors (Lipinski definition) is 0. The van der Waals surface area contributed by atoms with Crippen molar-refractivity contribution in [1.29, 1.82) is 0 Å². The second kappa shape index (κ2) is 7.96. The van der Waals surface area contributed by atoms with Gasteiger partial charge < -0.3 is 4.90 Å². The Morgan fingerprint density at radius 3 is 2.03 bits per heavy atom. The van der Waals surface area contributed by atoms with Gasteiger partial charge in [0.25, 0.3) is 0 Å². The normalized spacial score (nSPS) is 12.8. The van der Waals surface area contributed by atoms with Crippen LogP contribution in [0, 0.1) is 0 Å². The van der Waals surface area contributed by atoms with Crippen molar-refractivity contribution in [2.24, 2.45) is 0 Å². The van der Waals surface area contributed by atoms with E-state index in [9.17, 15) is 4.79 Å². The lowest BCUT2D eigenvalue weighted by Crippen LogP contribution is -2.34. The van der Waals surface area contributed by atoms with Crippen LogP contribution in [0.3, 0.4) is 0 Å². The topological polar surface area (TPSA) is 33.2 Å². The van der Waals surface area contributed by atoms with E-state index < -0.39 is 0 Å². The van der Waals surface area contributed by atoms with Gasteiger partial charge in [-0.3, -0.25) is 9.78 Å². The van der Waals surface area contributed by atoms with E-state index in [1.807, 2.05) is 90.1 Å². The highest BCUT2D eigenvalue weighted by molar-refractivity contribution is 6.02. The Kier molecular flexibility index (Phi) is 4.86. The van der Waals surface area contributed by atoms with Gasteiger partial charge in [-0.1, -0.05) is 66.7 Å². The molecule has 0 N–H and O–H groups in total. The summed E-state index contributed by atoms with van der Waals surface area (Å²) in [7, 11) is 0. The van der Waals surface area contributed by atoms with Gasteiger partial charge in [0.15, 0.2) is 0 Å². The molecule has 1 aliphatic heterocycles. The lowest BCUT2D eigenvalue weighted by molar-refractivity contribution is -0.119. The molecular formula is C27H22N2O. The van der Waals surface area contributed by atoms with Crippen molar-refractivity contribution < 1.29 is 4.79 Å². The molecule has 3 heteroatoms. The molecule has 0 unspecified atom stereocenters. The summed E-state index contributed by atoms with van der Waals surface area (Å²) in [6, 6.07) is 30.5. The highest BCUT2D eigenvalue weighted by atomic mass is 16.2. The zero-order valence-electron chi connectivity index (χ0n) is 16.6. The summed E-state index contributed by atoms with van der Waals surface area (Å²) in [4.78, 5) is 19.8. The van der Waals surface area contributed by atoms with Crippen LogP contribution in [0.15, 0.2) is 103 Å². The third kappa shape index (κ3) is 3.39. The Hall–Kier alpha value is -3.72. The predicted octanol–water partition coefficient (Wildman–Crippen LogP) is 5.47. The van der Waals surface area contributed by atoms with Crippen LogP contribution in [-0.2, 0) is 11.2 Å². The lowest BCUT2D eigenvalue weighted by Gasteiger charge is -2.25. The summed E-state index contributed by atoms with van der Waals surface area (Å²) in [6.07, 6.45) is 4.49. The van der Waals surface area contributed by atoms with Crippen LogP contribution >= 0.6 is 0 Å². The highest BCUT2D eigenvalue weighted by Gasteiger charge is 2.32. The van der Waals surface area contributed by atoms with Crippen LogP contribution in [-0.4, -0.2) is 17.4 Å². The Bertz CT molecular complexity index is 1120. The van der Waals surface area contributed by atoms with E-state index in [1.165, 1.54) is 5.56 Å². The Morgan fingerprint density at radius 2 is 1.40 bits per heavy atom. The molecule has 0 fully saturated rings. The van der Waals surface area contributed by atoms with E-state index >= 15 is 0 Å². The average Bonchev–Trinajstić information content (AvgIpc) is 3.24.